The zero-order valence-corrected chi connectivity index (χ0v) is 26.5. The van der Waals surface area contributed by atoms with Gasteiger partial charge in [-0.1, -0.05) is 25.4 Å². The molecule has 3 aromatic rings. The number of halogens is 5. The van der Waals surface area contributed by atoms with Gasteiger partial charge < -0.3 is 20.7 Å². The Morgan fingerprint density at radius 3 is 2.76 bits per heavy atom. The molecule has 4 aliphatic heterocycles. The summed E-state index contributed by atoms with van der Waals surface area (Å²) in [6, 6.07) is 2.79. The van der Waals surface area contributed by atoms with E-state index in [1.54, 1.807) is 0 Å². The molecule has 8 nitrogen and oxygen atoms in total. The predicted octanol–water partition coefficient (Wildman–Crippen LogP) is 6.23. The smallest absolute Gasteiger partial charge is 0.418 e. The molecule has 0 spiro atoms. The van der Waals surface area contributed by atoms with Gasteiger partial charge >= 0.3 is 12.2 Å². The van der Waals surface area contributed by atoms with Gasteiger partial charge in [0, 0.05) is 31.1 Å². The predicted molar refractivity (Wildman–Crippen MR) is 166 cm³/mol. The van der Waals surface area contributed by atoms with Crippen LogP contribution in [0.4, 0.5) is 29.2 Å². The Bertz CT molecular complexity index is 1670. The van der Waals surface area contributed by atoms with Gasteiger partial charge in [-0.15, -0.1) is 0 Å². The Morgan fingerprint density at radius 2 is 1.98 bits per heavy atom. The van der Waals surface area contributed by atoms with Crippen molar-refractivity contribution in [1.82, 2.24) is 25.2 Å². The van der Waals surface area contributed by atoms with E-state index in [0.717, 1.165) is 57.8 Å². The molecule has 3 atom stereocenters. The van der Waals surface area contributed by atoms with E-state index in [4.69, 9.17) is 27.1 Å². The van der Waals surface area contributed by atoms with E-state index < -0.39 is 28.8 Å². The van der Waals surface area contributed by atoms with E-state index >= 15 is 4.39 Å². The molecule has 6 heterocycles. The minimum Gasteiger partial charge on any atom is -0.461 e. The molecular weight excluding hydrogens is 610 g/mol. The van der Waals surface area contributed by atoms with Crippen molar-refractivity contribution in [2.75, 3.05) is 50.0 Å². The maximum atomic E-state index is 16.7. The molecule has 0 saturated carbocycles. The highest BCUT2D eigenvalue weighted by molar-refractivity contribution is 6.34. The zero-order valence-electron chi connectivity index (χ0n) is 25.7. The van der Waals surface area contributed by atoms with Crippen LogP contribution in [0, 0.1) is 24.1 Å². The summed E-state index contributed by atoms with van der Waals surface area (Å²) in [5.74, 6) is -0.207. The Morgan fingerprint density at radius 1 is 1.18 bits per heavy atom. The number of alkyl halides is 3. The summed E-state index contributed by atoms with van der Waals surface area (Å²) in [6.45, 7) is 10.4. The average molecular weight is 648 g/mol. The summed E-state index contributed by atoms with van der Waals surface area (Å²) in [7, 11) is 0. The SMILES string of the molecule is Cc1cc(N)nc(-c2c(Cl)cc3c(N4CCC5CNC(C5)C4)nc(OCC45CCCN4CC(C)(C)C5)nc3c2F)c1C(F)(F)F. The number of fused-ring (bicyclic) bond motifs is 4. The number of anilines is 2. The molecule has 4 fully saturated rings. The lowest BCUT2D eigenvalue weighted by Crippen LogP contribution is -2.43. The number of rotatable bonds is 5. The van der Waals surface area contributed by atoms with E-state index in [9.17, 15) is 13.2 Å². The number of nitrogens with one attached hydrogen (secondary N) is 1. The highest BCUT2D eigenvalue weighted by atomic mass is 35.5. The number of aromatic nitrogens is 3. The lowest BCUT2D eigenvalue weighted by molar-refractivity contribution is -0.137. The van der Waals surface area contributed by atoms with Crippen molar-refractivity contribution < 1.29 is 22.3 Å². The van der Waals surface area contributed by atoms with Crippen LogP contribution >= 0.6 is 11.6 Å². The average Bonchev–Trinajstić information content (AvgIpc) is 3.54. The number of hydrogen-bond acceptors (Lipinski definition) is 8. The van der Waals surface area contributed by atoms with Crippen molar-refractivity contribution >= 4 is 34.1 Å². The molecule has 3 N–H and O–H groups in total. The van der Waals surface area contributed by atoms with Crippen LogP contribution < -0.4 is 20.7 Å². The maximum absolute atomic E-state index is 16.7. The van der Waals surface area contributed by atoms with Crippen LogP contribution in [0.2, 0.25) is 5.02 Å². The van der Waals surface area contributed by atoms with E-state index in [2.05, 4.69) is 38.9 Å². The molecular formula is C32H38ClF4N7O. The van der Waals surface area contributed by atoms with Gasteiger partial charge in [-0.25, -0.2) is 9.37 Å². The molecule has 13 heteroatoms. The normalized spacial score (nSPS) is 26.4. The van der Waals surface area contributed by atoms with Gasteiger partial charge in [-0.2, -0.15) is 23.1 Å². The van der Waals surface area contributed by atoms with Crippen LogP contribution in [0.15, 0.2) is 12.1 Å². The number of nitrogen functional groups attached to an aromatic ring is 1. The molecule has 242 valence electrons. The number of pyridine rings is 1. The minimum atomic E-state index is -4.82. The van der Waals surface area contributed by atoms with Crippen LogP contribution in [-0.4, -0.2) is 70.8 Å². The molecule has 0 amide bonds. The van der Waals surface area contributed by atoms with E-state index in [1.165, 1.54) is 13.0 Å². The molecule has 0 aliphatic carbocycles. The number of nitrogens with two attached hydrogens (primary N) is 1. The monoisotopic (exact) mass is 647 g/mol. The van der Waals surface area contributed by atoms with Crippen molar-refractivity contribution in [3.05, 3.63) is 34.1 Å². The fourth-order valence-corrected chi connectivity index (χ4v) is 8.67. The molecule has 3 unspecified atom stereocenters. The Labute approximate surface area is 264 Å². The highest BCUT2D eigenvalue weighted by Gasteiger charge is 2.52. The first-order valence-corrected chi connectivity index (χ1v) is 16.0. The van der Waals surface area contributed by atoms with Crippen molar-refractivity contribution in [2.24, 2.45) is 11.3 Å². The molecule has 4 saturated heterocycles. The van der Waals surface area contributed by atoms with Gasteiger partial charge in [-0.3, -0.25) is 4.90 Å². The Hall–Kier alpha value is -2.96. The lowest BCUT2D eigenvalue weighted by atomic mass is 9.83. The van der Waals surface area contributed by atoms with Gasteiger partial charge in [0.1, 0.15) is 23.8 Å². The standard InChI is InChI=1S/C32H38ClF4N7O/c1-17-9-22(38)40-27(24(17)32(35,36)37)23-21(33)11-20-26(25(23)34)41-29(42-28(20)43-8-5-18-10-19(13-43)39-12-18)45-16-31-6-4-7-44(31)15-30(2,3)14-31/h9,11,18-19,39H,4-8,10,12-16H2,1-3H3,(H2,38,40). The van der Waals surface area contributed by atoms with Crippen LogP contribution in [0.3, 0.4) is 0 Å². The summed E-state index contributed by atoms with van der Waals surface area (Å²) in [5, 5.41) is 3.63. The Kier molecular flexibility index (Phi) is 7.37. The van der Waals surface area contributed by atoms with Crippen molar-refractivity contribution in [3.8, 4) is 17.3 Å². The second kappa shape index (κ2) is 10.8. The van der Waals surface area contributed by atoms with Crippen molar-refractivity contribution in [1.29, 1.82) is 0 Å². The maximum Gasteiger partial charge on any atom is 0.418 e. The summed E-state index contributed by atoms with van der Waals surface area (Å²) in [5.41, 5.74) is 3.22. The molecule has 2 aromatic heterocycles. The second-order valence-corrected chi connectivity index (χ2v) is 14.6. The van der Waals surface area contributed by atoms with E-state index in [-0.39, 0.29) is 44.9 Å². The first kappa shape index (κ1) is 30.7. The van der Waals surface area contributed by atoms with Crippen molar-refractivity contribution in [3.63, 3.8) is 0 Å². The van der Waals surface area contributed by atoms with Gasteiger partial charge in [0.2, 0.25) is 0 Å². The second-order valence-electron chi connectivity index (χ2n) is 14.2. The van der Waals surface area contributed by atoms with Gasteiger partial charge in [0.25, 0.3) is 0 Å². The molecule has 45 heavy (non-hydrogen) atoms. The molecule has 7 rings (SSSR count). The van der Waals surface area contributed by atoms with E-state index in [0.29, 0.717) is 36.8 Å². The summed E-state index contributed by atoms with van der Waals surface area (Å²) in [4.78, 5) is 17.8. The number of benzene rings is 1. The third kappa shape index (κ3) is 5.46. The van der Waals surface area contributed by atoms with Crippen LogP contribution in [-0.2, 0) is 6.18 Å². The summed E-state index contributed by atoms with van der Waals surface area (Å²) in [6.07, 6.45) is 0.140. The van der Waals surface area contributed by atoms with Crippen LogP contribution in [0.5, 0.6) is 6.01 Å². The molecule has 2 bridgehead atoms. The Balaban J connectivity index is 1.37. The van der Waals surface area contributed by atoms with Crippen LogP contribution in [0.25, 0.3) is 22.2 Å². The lowest BCUT2D eigenvalue weighted by Gasteiger charge is -2.32. The fraction of sp³-hybridized carbons (Fsp3) is 0.594. The number of hydrogen-bond donors (Lipinski definition) is 2. The van der Waals surface area contributed by atoms with Gasteiger partial charge in [-0.05, 0) is 81.1 Å². The zero-order chi connectivity index (χ0) is 31.9. The van der Waals surface area contributed by atoms with Gasteiger partial charge in [0.05, 0.1) is 27.4 Å². The number of aryl methyl sites for hydroxylation is 1. The molecule has 0 radical (unpaired) electrons. The molecule has 1 aromatic carbocycles. The number of ether oxygens (including phenoxy) is 1. The highest BCUT2D eigenvalue weighted by Crippen LogP contribution is 2.48. The van der Waals surface area contributed by atoms with Crippen LogP contribution in [0.1, 0.15) is 57.1 Å². The third-order valence-electron chi connectivity index (χ3n) is 10.1. The summed E-state index contributed by atoms with van der Waals surface area (Å²) < 4.78 is 66.0. The van der Waals surface area contributed by atoms with Gasteiger partial charge in [0.15, 0.2) is 5.82 Å². The first-order valence-electron chi connectivity index (χ1n) is 15.6. The fourth-order valence-electron chi connectivity index (χ4n) is 8.39. The number of nitrogens with zero attached hydrogens (tertiary/aromatic N) is 5. The largest absolute Gasteiger partial charge is 0.461 e. The van der Waals surface area contributed by atoms with E-state index in [1.807, 2.05) is 0 Å². The quantitative estimate of drug-likeness (QED) is 0.315. The topological polar surface area (TPSA) is 92.4 Å². The summed E-state index contributed by atoms with van der Waals surface area (Å²) >= 11 is 6.64. The minimum absolute atomic E-state index is 0.00858. The van der Waals surface area contributed by atoms with Crippen molar-refractivity contribution in [2.45, 2.75) is 70.6 Å². The first-order chi connectivity index (χ1) is 21.2. The third-order valence-corrected chi connectivity index (χ3v) is 10.4. The molecule has 4 aliphatic rings.